The van der Waals surface area contributed by atoms with Gasteiger partial charge in [-0.15, -0.1) is 0 Å². The van der Waals surface area contributed by atoms with Crippen molar-refractivity contribution in [1.29, 1.82) is 0 Å². The summed E-state index contributed by atoms with van der Waals surface area (Å²) in [7, 11) is 1.77. The topological polar surface area (TPSA) is 24.5 Å². The fourth-order valence-corrected chi connectivity index (χ4v) is 2.27. The summed E-state index contributed by atoms with van der Waals surface area (Å²) in [6, 6.07) is 0.600. The van der Waals surface area contributed by atoms with Gasteiger partial charge in [-0.1, -0.05) is 0 Å². The summed E-state index contributed by atoms with van der Waals surface area (Å²) < 4.78 is 5.16. The highest BCUT2D eigenvalue weighted by molar-refractivity contribution is 4.89. The summed E-state index contributed by atoms with van der Waals surface area (Å²) in [6.45, 7) is 11.0. The lowest BCUT2D eigenvalue weighted by Crippen LogP contribution is -2.50. The summed E-state index contributed by atoms with van der Waals surface area (Å²) >= 11 is 0. The van der Waals surface area contributed by atoms with E-state index in [9.17, 15) is 0 Å². The van der Waals surface area contributed by atoms with Crippen molar-refractivity contribution in [1.82, 2.24) is 10.2 Å². The van der Waals surface area contributed by atoms with Crippen LogP contribution in [0.25, 0.3) is 0 Å². The third kappa shape index (κ3) is 2.94. The highest BCUT2D eigenvalue weighted by Crippen LogP contribution is 2.22. The maximum atomic E-state index is 5.16. The Kier molecular flexibility index (Phi) is 4.35. The van der Waals surface area contributed by atoms with E-state index in [1.807, 2.05) is 0 Å². The minimum Gasteiger partial charge on any atom is -0.383 e. The van der Waals surface area contributed by atoms with Crippen LogP contribution in [0.2, 0.25) is 0 Å². The minimum absolute atomic E-state index is 0.293. The SMILES string of the molecule is COCCN1C(C)CNCCC1(C)C. The Morgan fingerprint density at radius 1 is 1.50 bits per heavy atom. The maximum Gasteiger partial charge on any atom is 0.0590 e. The molecule has 1 fully saturated rings. The van der Waals surface area contributed by atoms with Crippen LogP contribution < -0.4 is 5.32 Å². The van der Waals surface area contributed by atoms with E-state index in [0.717, 1.165) is 26.2 Å². The molecule has 1 N–H and O–H groups in total. The average Bonchev–Trinajstić information content (AvgIpc) is 2.23. The van der Waals surface area contributed by atoms with E-state index in [4.69, 9.17) is 4.74 Å². The summed E-state index contributed by atoms with van der Waals surface area (Å²) in [5.41, 5.74) is 0.293. The fourth-order valence-electron chi connectivity index (χ4n) is 2.27. The molecule has 1 aliphatic rings. The van der Waals surface area contributed by atoms with Gasteiger partial charge < -0.3 is 10.1 Å². The van der Waals surface area contributed by atoms with Crippen molar-refractivity contribution < 1.29 is 4.74 Å². The molecule has 1 rings (SSSR count). The van der Waals surface area contributed by atoms with E-state index >= 15 is 0 Å². The van der Waals surface area contributed by atoms with E-state index in [1.165, 1.54) is 6.42 Å². The van der Waals surface area contributed by atoms with Crippen molar-refractivity contribution in [3.05, 3.63) is 0 Å². The molecule has 0 aliphatic carbocycles. The molecule has 84 valence electrons. The molecule has 0 bridgehead atoms. The monoisotopic (exact) mass is 200 g/mol. The van der Waals surface area contributed by atoms with Gasteiger partial charge in [0.25, 0.3) is 0 Å². The second-order valence-corrected chi connectivity index (χ2v) is 4.80. The van der Waals surface area contributed by atoms with E-state index in [0.29, 0.717) is 11.6 Å². The Bertz CT molecular complexity index is 171. The van der Waals surface area contributed by atoms with Gasteiger partial charge in [0.1, 0.15) is 0 Å². The molecule has 1 unspecified atom stereocenters. The summed E-state index contributed by atoms with van der Waals surface area (Å²) in [5.74, 6) is 0. The molecule has 1 atom stereocenters. The second-order valence-electron chi connectivity index (χ2n) is 4.80. The first-order valence-electron chi connectivity index (χ1n) is 5.54. The number of hydrogen-bond acceptors (Lipinski definition) is 3. The van der Waals surface area contributed by atoms with Gasteiger partial charge in [-0.05, 0) is 33.7 Å². The van der Waals surface area contributed by atoms with Crippen LogP contribution >= 0.6 is 0 Å². The molecule has 0 saturated carbocycles. The number of ether oxygens (including phenoxy) is 1. The molecular formula is C11H24N2O. The minimum atomic E-state index is 0.293. The molecule has 1 saturated heterocycles. The summed E-state index contributed by atoms with van der Waals surface area (Å²) in [5, 5.41) is 3.48. The molecule has 0 aromatic heterocycles. The largest absolute Gasteiger partial charge is 0.383 e. The van der Waals surface area contributed by atoms with Crippen LogP contribution in [-0.4, -0.2) is 49.8 Å². The van der Waals surface area contributed by atoms with E-state index < -0.39 is 0 Å². The standard InChI is InChI=1S/C11H24N2O/c1-10-9-12-6-5-11(2,3)13(10)7-8-14-4/h10,12H,5-9H2,1-4H3. The Hall–Kier alpha value is -0.120. The van der Waals surface area contributed by atoms with Crippen molar-refractivity contribution in [2.24, 2.45) is 0 Å². The number of hydrogen-bond donors (Lipinski definition) is 1. The van der Waals surface area contributed by atoms with Gasteiger partial charge in [-0.3, -0.25) is 4.90 Å². The maximum absolute atomic E-state index is 5.16. The molecule has 0 spiro atoms. The van der Waals surface area contributed by atoms with Crippen LogP contribution in [0.5, 0.6) is 0 Å². The first kappa shape index (κ1) is 12.0. The highest BCUT2D eigenvalue weighted by atomic mass is 16.5. The number of rotatable bonds is 3. The van der Waals surface area contributed by atoms with Crippen LogP contribution in [0.1, 0.15) is 27.2 Å². The Morgan fingerprint density at radius 2 is 2.21 bits per heavy atom. The molecule has 0 aromatic carbocycles. The zero-order valence-corrected chi connectivity index (χ0v) is 9.97. The lowest BCUT2D eigenvalue weighted by molar-refractivity contribution is 0.0523. The van der Waals surface area contributed by atoms with Gasteiger partial charge in [0, 0.05) is 31.8 Å². The third-order valence-electron chi connectivity index (χ3n) is 3.20. The first-order valence-corrected chi connectivity index (χ1v) is 5.54. The van der Waals surface area contributed by atoms with Gasteiger partial charge in [-0.2, -0.15) is 0 Å². The summed E-state index contributed by atoms with van der Waals surface area (Å²) in [6.07, 6.45) is 1.21. The first-order chi connectivity index (χ1) is 6.58. The third-order valence-corrected chi connectivity index (χ3v) is 3.20. The van der Waals surface area contributed by atoms with Gasteiger partial charge in [0.15, 0.2) is 0 Å². The highest BCUT2D eigenvalue weighted by Gasteiger charge is 2.31. The number of methoxy groups -OCH3 is 1. The zero-order valence-electron chi connectivity index (χ0n) is 9.97. The van der Waals surface area contributed by atoms with Crippen molar-refractivity contribution >= 4 is 0 Å². The Balaban J connectivity index is 2.61. The predicted molar refractivity (Wildman–Crippen MR) is 59.6 cm³/mol. The van der Waals surface area contributed by atoms with Crippen molar-refractivity contribution in [3.8, 4) is 0 Å². The van der Waals surface area contributed by atoms with E-state index in [-0.39, 0.29) is 0 Å². The van der Waals surface area contributed by atoms with Gasteiger partial charge in [0.2, 0.25) is 0 Å². The molecule has 1 heterocycles. The van der Waals surface area contributed by atoms with Crippen molar-refractivity contribution in [2.75, 3.05) is 33.4 Å². The molecule has 1 aliphatic heterocycles. The van der Waals surface area contributed by atoms with E-state index in [1.54, 1.807) is 7.11 Å². The Morgan fingerprint density at radius 3 is 2.86 bits per heavy atom. The normalized spacial score (nSPS) is 28.7. The zero-order chi connectivity index (χ0) is 10.6. The quantitative estimate of drug-likeness (QED) is 0.738. The molecular weight excluding hydrogens is 176 g/mol. The lowest BCUT2D eigenvalue weighted by Gasteiger charge is -2.40. The average molecular weight is 200 g/mol. The van der Waals surface area contributed by atoms with Crippen LogP contribution in [0.4, 0.5) is 0 Å². The molecule has 0 amide bonds. The smallest absolute Gasteiger partial charge is 0.0590 e. The van der Waals surface area contributed by atoms with Crippen LogP contribution in [-0.2, 0) is 4.74 Å². The molecule has 0 radical (unpaired) electrons. The summed E-state index contributed by atoms with van der Waals surface area (Å²) in [4.78, 5) is 2.55. The fraction of sp³-hybridized carbons (Fsp3) is 1.00. The van der Waals surface area contributed by atoms with Crippen LogP contribution in [0, 0.1) is 0 Å². The second kappa shape index (κ2) is 5.10. The lowest BCUT2D eigenvalue weighted by atomic mass is 9.97. The number of nitrogens with zero attached hydrogens (tertiary/aromatic N) is 1. The van der Waals surface area contributed by atoms with E-state index in [2.05, 4.69) is 31.0 Å². The number of nitrogens with one attached hydrogen (secondary N) is 1. The molecule has 14 heavy (non-hydrogen) atoms. The molecule has 3 nitrogen and oxygen atoms in total. The molecule has 3 heteroatoms. The predicted octanol–water partition coefficient (Wildman–Crippen LogP) is 1.10. The van der Waals surface area contributed by atoms with Gasteiger partial charge in [0.05, 0.1) is 6.61 Å². The Labute approximate surface area is 87.8 Å². The van der Waals surface area contributed by atoms with Crippen LogP contribution in [0.3, 0.4) is 0 Å². The molecule has 0 aromatic rings. The van der Waals surface area contributed by atoms with Gasteiger partial charge in [-0.25, -0.2) is 0 Å². The van der Waals surface area contributed by atoms with Crippen LogP contribution in [0.15, 0.2) is 0 Å². The van der Waals surface area contributed by atoms with Crippen molar-refractivity contribution in [2.45, 2.75) is 38.8 Å². The van der Waals surface area contributed by atoms with Gasteiger partial charge >= 0.3 is 0 Å². The van der Waals surface area contributed by atoms with Crippen molar-refractivity contribution in [3.63, 3.8) is 0 Å².